The van der Waals surface area contributed by atoms with Crippen LogP contribution in [0.15, 0.2) is 6.33 Å². The number of carbonyl (C=O) groups is 2. The van der Waals surface area contributed by atoms with E-state index in [0.29, 0.717) is 23.4 Å². The lowest BCUT2D eigenvalue weighted by Gasteiger charge is -2.28. The van der Waals surface area contributed by atoms with Gasteiger partial charge >= 0.3 is 11.9 Å². The number of piperidine rings is 1. The monoisotopic (exact) mass is 437 g/mol. The van der Waals surface area contributed by atoms with E-state index in [9.17, 15) is 9.59 Å². The molecule has 0 saturated carbocycles. The molecule has 0 bridgehead atoms. The molecule has 0 amide bonds. The molecule has 164 valence electrons. The average Bonchev–Trinajstić information content (AvgIpc) is 3.15. The Hall–Kier alpha value is -2.42. The lowest BCUT2D eigenvalue weighted by molar-refractivity contribution is -0.164. The zero-order valence-electron chi connectivity index (χ0n) is 17.6. The summed E-state index contributed by atoms with van der Waals surface area (Å²) in [5.74, 6) is -1.69. The van der Waals surface area contributed by atoms with Gasteiger partial charge in [0.15, 0.2) is 22.9 Å². The van der Waals surface area contributed by atoms with Crippen LogP contribution in [0.1, 0.15) is 52.5 Å². The number of hydrogen-bond donors (Lipinski definition) is 0. The summed E-state index contributed by atoms with van der Waals surface area (Å²) in [5.41, 5.74) is 1.09. The molecule has 3 rings (SSSR count). The Bertz CT molecular complexity index is 879. The highest BCUT2D eigenvalue weighted by Crippen LogP contribution is 2.32. The molecule has 1 saturated heterocycles. The molecule has 0 spiro atoms. The molecule has 9 nitrogen and oxygen atoms in total. The van der Waals surface area contributed by atoms with Crippen molar-refractivity contribution in [1.29, 1.82) is 0 Å². The summed E-state index contributed by atoms with van der Waals surface area (Å²) < 4.78 is 12.1. The van der Waals surface area contributed by atoms with E-state index in [1.807, 2.05) is 6.92 Å². The van der Waals surface area contributed by atoms with Crippen molar-refractivity contribution in [2.24, 2.45) is 5.92 Å². The summed E-state index contributed by atoms with van der Waals surface area (Å²) in [6.07, 6.45) is 5.40. The van der Waals surface area contributed by atoms with Crippen LogP contribution in [-0.4, -0.2) is 57.8 Å². The molecule has 1 atom stereocenters. The Kier molecular flexibility index (Phi) is 7.47. The standard InChI is InChI=1S/C20H28ClN5O4/c1-4-13(14(18(27)29-5-2)19(28)30-6-3)26-12-22-15-16(23-20(21)24-17(15)26)25-10-8-7-9-11-25/h12-14H,4-11H2,1-3H3. The number of aromatic nitrogens is 4. The third kappa shape index (κ3) is 4.50. The molecular formula is C20H28ClN5O4. The van der Waals surface area contributed by atoms with Crippen LogP contribution in [-0.2, 0) is 19.1 Å². The first-order chi connectivity index (χ1) is 14.5. The summed E-state index contributed by atoms with van der Waals surface area (Å²) in [5, 5.41) is 0.100. The predicted octanol–water partition coefficient (Wildman–Crippen LogP) is 3.16. The molecule has 2 aromatic rings. The Morgan fingerprint density at radius 3 is 2.27 bits per heavy atom. The molecule has 1 aliphatic heterocycles. The number of hydrogen-bond acceptors (Lipinski definition) is 8. The molecule has 0 aromatic carbocycles. The molecule has 0 N–H and O–H groups in total. The Morgan fingerprint density at radius 2 is 1.70 bits per heavy atom. The highest BCUT2D eigenvalue weighted by atomic mass is 35.5. The molecule has 1 fully saturated rings. The van der Waals surface area contributed by atoms with Crippen LogP contribution < -0.4 is 4.90 Å². The normalized spacial score (nSPS) is 15.4. The van der Waals surface area contributed by atoms with Gasteiger partial charge in [-0.15, -0.1) is 0 Å². The number of fused-ring (bicyclic) bond motifs is 1. The van der Waals surface area contributed by atoms with E-state index < -0.39 is 23.9 Å². The Labute approximate surface area is 180 Å². The minimum absolute atomic E-state index is 0.100. The van der Waals surface area contributed by atoms with E-state index in [0.717, 1.165) is 25.9 Å². The van der Waals surface area contributed by atoms with Crippen molar-refractivity contribution in [3.63, 3.8) is 0 Å². The number of nitrogens with zero attached hydrogens (tertiary/aromatic N) is 5. The van der Waals surface area contributed by atoms with Crippen LogP contribution in [0.4, 0.5) is 5.82 Å². The van der Waals surface area contributed by atoms with Crippen molar-refractivity contribution in [2.45, 2.75) is 52.5 Å². The second-order valence-electron chi connectivity index (χ2n) is 7.15. The molecule has 1 unspecified atom stereocenters. The predicted molar refractivity (Wildman–Crippen MR) is 112 cm³/mol. The highest BCUT2D eigenvalue weighted by Gasteiger charge is 2.39. The lowest BCUT2D eigenvalue weighted by atomic mass is 9.97. The van der Waals surface area contributed by atoms with Crippen molar-refractivity contribution in [3.05, 3.63) is 11.6 Å². The summed E-state index contributed by atoms with van der Waals surface area (Å²) in [4.78, 5) is 40.8. The summed E-state index contributed by atoms with van der Waals surface area (Å²) in [6.45, 7) is 7.38. The quantitative estimate of drug-likeness (QED) is 0.352. The Morgan fingerprint density at radius 1 is 1.07 bits per heavy atom. The van der Waals surface area contributed by atoms with Crippen molar-refractivity contribution in [3.8, 4) is 0 Å². The van der Waals surface area contributed by atoms with Gasteiger partial charge < -0.3 is 18.9 Å². The van der Waals surface area contributed by atoms with Gasteiger partial charge in [0.25, 0.3) is 0 Å². The third-order valence-corrected chi connectivity index (χ3v) is 5.44. The molecule has 0 radical (unpaired) electrons. The first-order valence-electron chi connectivity index (χ1n) is 10.5. The first kappa shape index (κ1) is 22.3. The maximum atomic E-state index is 12.6. The minimum atomic E-state index is -1.13. The number of imidazole rings is 1. The topological polar surface area (TPSA) is 99.4 Å². The maximum Gasteiger partial charge on any atom is 0.322 e. The molecular weight excluding hydrogens is 410 g/mol. The van der Waals surface area contributed by atoms with E-state index >= 15 is 0 Å². The third-order valence-electron chi connectivity index (χ3n) is 5.27. The van der Waals surface area contributed by atoms with Gasteiger partial charge in [-0.05, 0) is 51.1 Å². The van der Waals surface area contributed by atoms with Gasteiger partial charge in [0.1, 0.15) is 0 Å². The highest BCUT2D eigenvalue weighted by molar-refractivity contribution is 6.28. The van der Waals surface area contributed by atoms with Crippen molar-refractivity contribution < 1.29 is 19.1 Å². The van der Waals surface area contributed by atoms with Gasteiger partial charge in [-0.25, -0.2) is 4.98 Å². The zero-order chi connectivity index (χ0) is 21.7. The van der Waals surface area contributed by atoms with Crippen LogP contribution in [0.5, 0.6) is 0 Å². The summed E-state index contributed by atoms with van der Waals surface area (Å²) in [7, 11) is 0. The van der Waals surface area contributed by atoms with Crippen LogP contribution in [0.25, 0.3) is 11.2 Å². The summed E-state index contributed by atoms with van der Waals surface area (Å²) in [6, 6.07) is -0.576. The fourth-order valence-electron chi connectivity index (χ4n) is 3.91. The van der Waals surface area contributed by atoms with E-state index in [2.05, 4.69) is 19.9 Å². The molecule has 0 aliphatic carbocycles. The van der Waals surface area contributed by atoms with Crippen molar-refractivity contribution in [2.75, 3.05) is 31.2 Å². The second kappa shape index (κ2) is 10.1. The van der Waals surface area contributed by atoms with Crippen LogP contribution in [0, 0.1) is 5.92 Å². The van der Waals surface area contributed by atoms with Crippen LogP contribution in [0.2, 0.25) is 5.28 Å². The number of rotatable bonds is 8. The number of esters is 2. The fourth-order valence-corrected chi connectivity index (χ4v) is 4.07. The average molecular weight is 438 g/mol. The molecule has 2 aromatic heterocycles. The Balaban J connectivity index is 2.07. The van der Waals surface area contributed by atoms with E-state index in [4.69, 9.17) is 21.1 Å². The fraction of sp³-hybridized carbons (Fsp3) is 0.650. The molecule has 30 heavy (non-hydrogen) atoms. The smallest absolute Gasteiger partial charge is 0.322 e. The SMILES string of the molecule is CCOC(=O)C(C(=O)OCC)C(CC)n1cnc2c(N3CCCCC3)nc(Cl)nc21. The van der Waals surface area contributed by atoms with Gasteiger partial charge in [-0.2, -0.15) is 9.97 Å². The molecule has 3 heterocycles. The van der Waals surface area contributed by atoms with E-state index in [1.165, 1.54) is 6.42 Å². The van der Waals surface area contributed by atoms with Gasteiger partial charge in [0.05, 0.1) is 25.6 Å². The van der Waals surface area contributed by atoms with Gasteiger partial charge in [-0.1, -0.05) is 6.92 Å². The maximum absolute atomic E-state index is 12.6. The second-order valence-corrected chi connectivity index (χ2v) is 7.48. The van der Waals surface area contributed by atoms with Crippen molar-refractivity contribution in [1.82, 2.24) is 19.5 Å². The van der Waals surface area contributed by atoms with Gasteiger partial charge in [0.2, 0.25) is 5.28 Å². The largest absolute Gasteiger partial charge is 0.465 e. The molecule has 1 aliphatic rings. The van der Waals surface area contributed by atoms with Crippen molar-refractivity contribution >= 4 is 40.5 Å². The zero-order valence-corrected chi connectivity index (χ0v) is 18.4. The summed E-state index contributed by atoms with van der Waals surface area (Å²) >= 11 is 6.25. The molecule has 10 heteroatoms. The minimum Gasteiger partial charge on any atom is -0.465 e. The number of carbonyl (C=O) groups excluding carboxylic acids is 2. The van der Waals surface area contributed by atoms with Crippen LogP contribution >= 0.6 is 11.6 Å². The first-order valence-corrected chi connectivity index (χ1v) is 10.9. The number of anilines is 1. The van der Waals surface area contributed by atoms with E-state index in [-0.39, 0.29) is 18.5 Å². The van der Waals surface area contributed by atoms with E-state index in [1.54, 1.807) is 24.7 Å². The van der Waals surface area contributed by atoms with Crippen LogP contribution in [0.3, 0.4) is 0 Å². The lowest BCUT2D eigenvalue weighted by Crippen LogP contribution is -2.35. The number of ether oxygens (including phenoxy) is 2. The van der Waals surface area contributed by atoms with Gasteiger partial charge in [-0.3, -0.25) is 9.59 Å². The number of halogens is 1. The van der Waals surface area contributed by atoms with Gasteiger partial charge in [0, 0.05) is 13.1 Å².